The van der Waals surface area contributed by atoms with Crippen molar-refractivity contribution in [3.8, 4) is 6.07 Å². The lowest BCUT2D eigenvalue weighted by Crippen LogP contribution is -2.33. The van der Waals surface area contributed by atoms with E-state index in [0.29, 0.717) is 11.9 Å². The van der Waals surface area contributed by atoms with Gasteiger partial charge in [-0.25, -0.2) is 0 Å². The molecule has 0 bridgehead atoms. The Morgan fingerprint density at radius 3 is 2.76 bits per heavy atom. The Morgan fingerprint density at radius 1 is 1.28 bits per heavy atom. The van der Waals surface area contributed by atoms with E-state index in [1.54, 1.807) is 0 Å². The predicted octanol–water partition coefficient (Wildman–Crippen LogP) is 2.74. The van der Waals surface area contributed by atoms with Gasteiger partial charge in [0.2, 0.25) is 5.89 Å². The minimum Gasteiger partial charge on any atom is -0.340 e. The number of hydrogen-bond acceptors (Lipinski definition) is 6. The van der Waals surface area contributed by atoms with E-state index in [2.05, 4.69) is 45.2 Å². The molecule has 1 aromatic carbocycles. The van der Waals surface area contributed by atoms with Gasteiger partial charge in [0.05, 0.1) is 18.2 Å². The summed E-state index contributed by atoms with van der Waals surface area (Å²) in [6.07, 6.45) is 3.53. The van der Waals surface area contributed by atoms with Gasteiger partial charge < -0.3 is 4.52 Å². The second-order valence-corrected chi connectivity index (χ2v) is 6.81. The monoisotopic (exact) mass is 339 g/mol. The molecular weight excluding hydrogens is 314 g/mol. The molecule has 0 spiro atoms. The molecule has 3 rings (SSSR count). The molecular formula is C19H25N5O. The van der Waals surface area contributed by atoms with Crippen LogP contribution in [0.1, 0.15) is 42.1 Å². The van der Waals surface area contributed by atoms with E-state index in [9.17, 15) is 0 Å². The Morgan fingerprint density at radius 2 is 2.08 bits per heavy atom. The molecule has 1 aliphatic heterocycles. The van der Waals surface area contributed by atoms with Crippen molar-refractivity contribution in [2.45, 2.75) is 45.3 Å². The summed E-state index contributed by atoms with van der Waals surface area (Å²) in [5.41, 5.74) is 1.99. The first-order valence-electron chi connectivity index (χ1n) is 8.85. The van der Waals surface area contributed by atoms with Crippen LogP contribution in [0.2, 0.25) is 0 Å². The molecule has 0 aliphatic carbocycles. The first kappa shape index (κ1) is 17.6. The predicted molar refractivity (Wildman–Crippen MR) is 94.6 cm³/mol. The summed E-state index contributed by atoms with van der Waals surface area (Å²) < 4.78 is 5.06. The largest absolute Gasteiger partial charge is 0.340 e. The average Bonchev–Trinajstić information content (AvgIpc) is 2.88. The lowest BCUT2D eigenvalue weighted by atomic mass is 10.1. The molecule has 1 atom stereocenters. The van der Waals surface area contributed by atoms with Crippen LogP contribution in [0.3, 0.4) is 0 Å². The van der Waals surface area contributed by atoms with Crippen molar-refractivity contribution < 1.29 is 4.52 Å². The number of likely N-dealkylation sites (tertiary alicyclic amines) is 1. The average molecular weight is 339 g/mol. The van der Waals surface area contributed by atoms with Gasteiger partial charge in [-0.15, -0.1) is 0 Å². The fourth-order valence-corrected chi connectivity index (χ4v) is 3.44. The number of nitriles is 1. The van der Waals surface area contributed by atoms with Crippen LogP contribution in [0.4, 0.5) is 0 Å². The highest BCUT2D eigenvalue weighted by atomic mass is 16.5. The molecule has 25 heavy (non-hydrogen) atoms. The van der Waals surface area contributed by atoms with E-state index in [0.717, 1.165) is 44.0 Å². The van der Waals surface area contributed by atoms with E-state index >= 15 is 0 Å². The van der Waals surface area contributed by atoms with Crippen molar-refractivity contribution in [3.63, 3.8) is 0 Å². The van der Waals surface area contributed by atoms with E-state index in [1.165, 1.54) is 18.4 Å². The summed E-state index contributed by atoms with van der Waals surface area (Å²) in [6, 6.07) is 10.6. The van der Waals surface area contributed by atoms with Gasteiger partial charge in [-0.3, -0.25) is 9.80 Å². The van der Waals surface area contributed by atoms with Crippen molar-refractivity contribution in [2.75, 3.05) is 20.1 Å². The maximum Gasteiger partial charge on any atom is 0.223 e. The third-order valence-electron chi connectivity index (χ3n) is 4.86. The minimum absolute atomic E-state index is 0.546. The molecule has 0 saturated carbocycles. The fourth-order valence-electron chi connectivity index (χ4n) is 3.44. The fraction of sp³-hybridized carbons (Fsp3) is 0.526. The zero-order chi connectivity index (χ0) is 17.6. The molecule has 1 aromatic heterocycles. The van der Waals surface area contributed by atoms with Crippen LogP contribution < -0.4 is 0 Å². The Kier molecular flexibility index (Phi) is 5.79. The Hall–Kier alpha value is -2.23. The number of rotatable bonds is 5. The first-order valence-corrected chi connectivity index (χ1v) is 8.85. The standard InChI is InChI=1S/C19H25N5O/c1-15-21-19(22-25-15)14-23(2)18-4-3-10-24(11-9-18)13-17-7-5-16(12-20)6-8-17/h5-8,18H,3-4,9-11,13-14H2,1-2H3. The van der Waals surface area contributed by atoms with Gasteiger partial charge in [0, 0.05) is 19.5 Å². The number of hydrogen-bond donors (Lipinski definition) is 0. The van der Waals surface area contributed by atoms with E-state index in [1.807, 2.05) is 19.1 Å². The maximum absolute atomic E-state index is 8.90. The smallest absolute Gasteiger partial charge is 0.223 e. The molecule has 0 N–H and O–H groups in total. The van der Waals surface area contributed by atoms with Crippen LogP contribution in [-0.2, 0) is 13.1 Å². The van der Waals surface area contributed by atoms with Crippen LogP contribution in [0.5, 0.6) is 0 Å². The summed E-state index contributed by atoms with van der Waals surface area (Å²) in [5.74, 6) is 1.39. The highest BCUT2D eigenvalue weighted by Crippen LogP contribution is 2.19. The summed E-state index contributed by atoms with van der Waals surface area (Å²) in [4.78, 5) is 9.15. The summed E-state index contributed by atoms with van der Waals surface area (Å²) in [5, 5.41) is 12.9. The second kappa shape index (κ2) is 8.24. The van der Waals surface area contributed by atoms with Crippen LogP contribution in [0, 0.1) is 18.3 Å². The van der Waals surface area contributed by atoms with Gasteiger partial charge in [-0.2, -0.15) is 10.2 Å². The van der Waals surface area contributed by atoms with Gasteiger partial charge in [0.15, 0.2) is 5.82 Å². The van der Waals surface area contributed by atoms with Gasteiger partial charge >= 0.3 is 0 Å². The third-order valence-corrected chi connectivity index (χ3v) is 4.86. The van der Waals surface area contributed by atoms with Gasteiger partial charge in [-0.1, -0.05) is 17.3 Å². The Bertz CT molecular complexity index is 718. The molecule has 132 valence electrons. The third kappa shape index (κ3) is 4.88. The molecule has 2 heterocycles. The van der Waals surface area contributed by atoms with Gasteiger partial charge in [0.1, 0.15) is 0 Å². The number of nitrogens with zero attached hydrogens (tertiary/aromatic N) is 5. The number of benzene rings is 1. The van der Waals surface area contributed by atoms with Crippen LogP contribution >= 0.6 is 0 Å². The Balaban J connectivity index is 1.51. The van der Waals surface area contributed by atoms with Crippen molar-refractivity contribution in [1.82, 2.24) is 19.9 Å². The molecule has 6 heteroatoms. The molecule has 0 radical (unpaired) electrons. The molecule has 6 nitrogen and oxygen atoms in total. The molecule has 1 fully saturated rings. The lowest BCUT2D eigenvalue weighted by molar-refractivity contribution is 0.200. The minimum atomic E-state index is 0.546. The Labute approximate surface area is 149 Å². The molecule has 2 aromatic rings. The van der Waals surface area contributed by atoms with Gasteiger partial charge in [0.25, 0.3) is 0 Å². The quantitative estimate of drug-likeness (QED) is 0.834. The lowest BCUT2D eigenvalue weighted by Gasteiger charge is -2.26. The van der Waals surface area contributed by atoms with Crippen LogP contribution in [0.15, 0.2) is 28.8 Å². The van der Waals surface area contributed by atoms with Crippen molar-refractivity contribution in [2.24, 2.45) is 0 Å². The van der Waals surface area contributed by atoms with E-state index < -0.39 is 0 Å². The molecule has 1 unspecified atom stereocenters. The van der Waals surface area contributed by atoms with E-state index in [-0.39, 0.29) is 0 Å². The second-order valence-electron chi connectivity index (χ2n) is 6.81. The summed E-state index contributed by atoms with van der Waals surface area (Å²) >= 11 is 0. The number of aromatic nitrogens is 2. The number of aryl methyl sites for hydroxylation is 1. The molecule has 1 aliphatic rings. The van der Waals surface area contributed by atoms with E-state index in [4.69, 9.17) is 9.78 Å². The first-order chi connectivity index (χ1) is 12.1. The summed E-state index contributed by atoms with van der Waals surface area (Å²) in [7, 11) is 2.15. The molecule has 0 amide bonds. The van der Waals surface area contributed by atoms with Crippen molar-refractivity contribution in [1.29, 1.82) is 5.26 Å². The highest BCUT2D eigenvalue weighted by molar-refractivity contribution is 5.31. The van der Waals surface area contributed by atoms with Gasteiger partial charge in [-0.05, 0) is 57.1 Å². The van der Waals surface area contributed by atoms with Crippen molar-refractivity contribution >= 4 is 0 Å². The van der Waals surface area contributed by atoms with Crippen molar-refractivity contribution in [3.05, 3.63) is 47.1 Å². The maximum atomic E-state index is 8.90. The SMILES string of the molecule is Cc1nc(CN(C)C2CCCN(Cc3ccc(C#N)cc3)CC2)no1. The van der Waals surface area contributed by atoms with Crippen LogP contribution in [-0.4, -0.2) is 46.1 Å². The topological polar surface area (TPSA) is 69.2 Å². The zero-order valence-corrected chi connectivity index (χ0v) is 15.0. The molecule has 1 saturated heterocycles. The van der Waals surface area contributed by atoms with Crippen LogP contribution in [0.25, 0.3) is 0 Å². The zero-order valence-electron chi connectivity index (χ0n) is 15.0. The summed E-state index contributed by atoms with van der Waals surface area (Å²) in [6.45, 7) is 5.71. The normalized spacial score (nSPS) is 18.9. The highest BCUT2D eigenvalue weighted by Gasteiger charge is 2.21.